The van der Waals surface area contributed by atoms with E-state index in [0.29, 0.717) is 26.4 Å². The van der Waals surface area contributed by atoms with Gasteiger partial charge in [0.15, 0.2) is 0 Å². The molecule has 0 N–H and O–H groups in total. The molecule has 0 saturated carbocycles. The summed E-state index contributed by atoms with van der Waals surface area (Å²) in [5, 5.41) is 0. The summed E-state index contributed by atoms with van der Waals surface area (Å²) in [6.45, 7) is 2.25. The van der Waals surface area contributed by atoms with E-state index >= 15 is 0 Å². The third kappa shape index (κ3) is 2.25. The highest BCUT2D eigenvalue weighted by molar-refractivity contribution is 7.88. The molecule has 1 atom stereocenters. The Morgan fingerprint density at radius 2 is 2.21 bits per heavy atom. The number of ether oxygens (including phenoxy) is 1. The molecule has 0 aromatic carbocycles. The van der Waals surface area contributed by atoms with Gasteiger partial charge >= 0.3 is 0 Å². The monoisotopic (exact) mass is 221 g/mol. The smallest absolute Gasteiger partial charge is 0.236 e. The number of hydroxylamine groups is 1. The van der Waals surface area contributed by atoms with Crippen molar-refractivity contribution in [3.8, 4) is 0 Å². The molecule has 2 rings (SSSR count). The zero-order chi connectivity index (χ0) is 10.0. The van der Waals surface area contributed by atoms with Crippen molar-refractivity contribution in [2.75, 3.05) is 32.1 Å². The van der Waals surface area contributed by atoms with Crippen LogP contribution in [0.15, 0.2) is 0 Å². The second kappa shape index (κ2) is 4.14. The molecule has 0 aromatic rings. The predicted molar refractivity (Wildman–Crippen MR) is 50.0 cm³/mol. The zero-order valence-electron chi connectivity index (χ0n) is 8.02. The molecule has 2 aliphatic rings. The molecule has 2 fully saturated rings. The molecule has 14 heavy (non-hydrogen) atoms. The van der Waals surface area contributed by atoms with Gasteiger partial charge in [-0.25, -0.2) is 8.42 Å². The van der Waals surface area contributed by atoms with Crippen LogP contribution in [0.3, 0.4) is 0 Å². The SMILES string of the molecule is O=S(=O)(CC1CCOC1)N1CCCO1. The molecule has 2 heterocycles. The van der Waals surface area contributed by atoms with Crippen molar-refractivity contribution in [1.29, 1.82) is 0 Å². The first kappa shape index (κ1) is 10.4. The van der Waals surface area contributed by atoms with Crippen LogP contribution in [-0.2, 0) is 19.6 Å². The van der Waals surface area contributed by atoms with Crippen LogP contribution in [0.1, 0.15) is 12.8 Å². The largest absolute Gasteiger partial charge is 0.381 e. The molecule has 82 valence electrons. The second-order valence-electron chi connectivity index (χ2n) is 3.72. The van der Waals surface area contributed by atoms with Gasteiger partial charge < -0.3 is 4.74 Å². The summed E-state index contributed by atoms with van der Waals surface area (Å²) in [6, 6.07) is 0. The summed E-state index contributed by atoms with van der Waals surface area (Å²) in [7, 11) is -3.21. The average molecular weight is 221 g/mol. The fourth-order valence-corrected chi connectivity index (χ4v) is 3.41. The van der Waals surface area contributed by atoms with Gasteiger partial charge in [-0.1, -0.05) is 4.47 Å². The first-order chi connectivity index (χ1) is 6.68. The lowest BCUT2D eigenvalue weighted by Gasteiger charge is -2.16. The minimum absolute atomic E-state index is 0.143. The first-order valence-corrected chi connectivity index (χ1v) is 6.50. The predicted octanol–water partition coefficient (Wildman–Crippen LogP) is -0.0100. The summed E-state index contributed by atoms with van der Waals surface area (Å²) < 4.78 is 29.7. The lowest BCUT2D eigenvalue weighted by molar-refractivity contribution is -0.0287. The number of hydrogen-bond acceptors (Lipinski definition) is 4. The number of nitrogens with zero attached hydrogens (tertiary/aromatic N) is 1. The number of sulfonamides is 1. The molecule has 0 amide bonds. The fraction of sp³-hybridized carbons (Fsp3) is 1.00. The summed E-state index contributed by atoms with van der Waals surface area (Å²) in [6.07, 6.45) is 1.63. The van der Waals surface area contributed by atoms with Gasteiger partial charge in [-0.15, -0.1) is 0 Å². The van der Waals surface area contributed by atoms with Gasteiger partial charge in [0, 0.05) is 13.2 Å². The van der Waals surface area contributed by atoms with Crippen molar-refractivity contribution >= 4 is 10.0 Å². The standard InChI is InChI=1S/C8H15NO4S/c10-14(11,9-3-1-4-13-9)7-8-2-5-12-6-8/h8H,1-7H2. The van der Waals surface area contributed by atoms with Crippen LogP contribution in [0.25, 0.3) is 0 Å². The van der Waals surface area contributed by atoms with Gasteiger partial charge in [0.2, 0.25) is 10.0 Å². The lowest BCUT2D eigenvalue weighted by Crippen LogP contribution is -2.32. The van der Waals surface area contributed by atoms with Crippen LogP contribution in [0.2, 0.25) is 0 Å². The highest BCUT2D eigenvalue weighted by Gasteiger charge is 2.31. The van der Waals surface area contributed by atoms with Gasteiger partial charge in [0.1, 0.15) is 0 Å². The minimum atomic E-state index is -3.21. The molecule has 0 aromatic heterocycles. The summed E-state index contributed by atoms with van der Waals surface area (Å²) in [5.41, 5.74) is 0. The van der Waals surface area contributed by atoms with E-state index in [1.807, 2.05) is 0 Å². The van der Waals surface area contributed by atoms with E-state index in [2.05, 4.69) is 0 Å². The summed E-state index contributed by atoms with van der Waals surface area (Å²) in [4.78, 5) is 5.03. The van der Waals surface area contributed by atoms with Crippen LogP contribution < -0.4 is 0 Å². The molecule has 0 bridgehead atoms. The summed E-state index contributed by atoms with van der Waals surface area (Å²) >= 11 is 0. The maximum absolute atomic E-state index is 11.7. The Labute approximate surface area is 84.0 Å². The van der Waals surface area contributed by atoms with E-state index in [9.17, 15) is 8.42 Å². The highest BCUT2D eigenvalue weighted by Crippen LogP contribution is 2.19. The Morgan fingerprint density at radius 1 is 1.36 bits per heavy atom. The maximum atomic E-state index is 11.7. The van der Waals surface area contributed by atoms with E-state index in [4.69, 9.17) is 9.57 Å². The Kier molecular flexibility index (Phi) is 3.06. The molecule has 0 aliphatic carbocycles. The Balaban J connectivity index is 1.93. The Bertz CT molecular complexity index is 278. The first-order valence-electron chi connectivity index (χ1n) is 4.89. The number of hydrogen-bond donors (Lipinski definition) is 0. The van der Waals surface area contributed by atoms with Crippen LogP contribution >= 0.6 is 0 Å². The van der Waals surface area contributed by atoms with E-state index in [0.717, 1.165) is 17.3 Å². The number of rotatable bonds is 3. The maximum Gasteiger partial charge on any atom is 0.236 e. The third-order valence-electron chi connectivity index (χ3n) is 2.50. The van der Waals surface area contributed by atoms with Gasteiger partial charge in [-0.2, -0.15) is 0 Å². The third-order valence-corrected chi connectivity index (χ3v) is 4.30. The molecule has 6 heteroatoms. The normalized spacial score (nSPS) is 29.9. The van der Waals surface area contributed by atoms with Crippen molar-refractivity contribution in [1.82, 2.24) is 4.47 Å². The molecule has 0 spiro atoms. The second-order valence-corrected chi connectivity index (χ2v) is 5.63. The van der Waals surface area contributed by atoms with E-state index in [1.54, 1.807) is 0 Å². The van der Waals surface area contributed by atoms with Gasteiger partial charge in [0.05, 0.1) is 19.0 Å². The summed E-state index contributed by atoms with van der Waals surface area (Å²) in [5.74, 6) is 0.302. The molecule has 2 saturated heterocycles. The van der Waals surface area contributed by atoms with Crippen molar-refractivity contribution in [3.05, 3.63) is 0 Å². The van der Waals surface area contributed by atoms with Gasteiger partial charge in [-0.05, 0) is 18.8 Å². The van der Waals surface area contributed by atoms with Gasteiger partial charge in [-0.3, -0.25) is 4.84 Å². The van der Waals surface area contributed by atoms with Crippen molar-refractivity contribution < 1.29 is 18.0 Å². The molecular weight excluding hydrogens is 206 g/mol. The van der Waals surface area contributed by atoms with E-state index in [1.165, 1.54) is 0 Å². The van der Waals surface area contributed by atoms with Gasteiger partial charge in [0.25, 0.3) is 0 Å². The molecular formula is C8H15NO4S. The Hall–Kier alpha value is -0.170. The van der Waals surface area contributed by atoms with Crippen molar-refractivity contribution in [3.63, 3.8) is 0 Å². The topological polar surface area (TPSA) is 55.8 Å². The molecule has 5 nitrogen and oxygen atoms in total. The quantitative estimate of drug-likeness (QED) is 0.672. The van der Waals surface area contributed by atoms with Crippen LogP contribution in [0, 0.1) is 5.92 Å². The molecule has 2 aliphatic heterocycles. The van der Waals surface area contributed by atoms with Crippen molar-refractivity contribution in [2.45, 2.75) is 12.8 Å². The average Bonchev–Trinajstić information content (AvgIpc) is 2.71. The zero-order valence-corrected chi connectivity index (χ0v) is 8.83. The van der Waals surface area contributed by atoms with E-state index in [-0.39, 0.29) is 11.7 Å². The van der Waals surface area contributed by atoms with E-state index < -0.39 is 10.0 Å². The Morgan fingerprint density at radius 3 is 2.79 bits per heavy atom. The van der Waals surface area contributed by atoms with Crippen LogP contribution in [0.4, 0.5) is 0 Å². The van der Waals surface area contributed by atoms with Crippen LogP contribution in [0.5, 0.6) is 0 Å². The molecule has 1 unspecified atom stereocenters. The molecule has 0 radical (unpaired) electrons. The minimum Gasteiger partial charge on any atom is -0.381 e. The van der Waals surface area contributed by atoms with Crippen molar-refractivity contribution in [2.24, 2.45) is 5.92 Å². The van der Waals surface area contributed by atoms with Crippen LogP contribution in [-0.4, -0.2) is 45.0 Å². The fourth-order valence-electron chi connectivity index (χ4n) is 1.74. The highest BCUT2D eigenvalue weighted by atomic mass is 32.2. The lowest BCUT2D eigenvalue weighted by atomic mass is 10.2.